The third-order valence-electron chi connectivity index (χ3n) is 2.37. The Balaban J connectivity index is 1.83. The van der Waals surface area contributed by atoms with Gasteiger partial charge < -0.3 is 10.6 Å². The lowest BCUT2D eigenvalue weighted by Crippen LogP contribution is -2.10. The number of hydrogen-bond donors (Lipinski definition) is 2. The van der Waals surface area contributed by atoms with Gasteiger partial charge in [0.25, 0.3) is 0 Å². The van der Waals surface area contributed by atoms with Crippen molar-refractivity contribution in [1.29, 1.82) is 0 Å². The molecule has 86 valence electrons. The third-order valence-corrected chi connectivity index (χ3v) is 2.37. The molecule has 0 atom stereocenters. The van der Waals surface area contributed by atoms with Gasteiger partial charge in [-0.1, -0.05) is 43.0 Å². The molecule has 2 N–H and O–H groups in total. The van der Waals surface area contributed by atoms with Crippen molar-refractivity contribution in [1.82, 2.24) is 0 Å². The maximum absolute atomic E-state index is 3.99. The molecule has 2 heteroatoms. The van der Waals surface area contributed by atoms with Crippen molar-refractivity contribution in [3.63, 3.8) is 0 Å². The molecule has 0 saturated carbocycles. The lowest BCUT2D eigenvalue weighted by molar-refractivity contribution is 1.22. The van der Waals surface area contributed by atoms with Gasteiger partial charge in [-0.3, -0.25) is 0 Å². The second-order valence-corrected chi connectivity index (χ2v) is 3.81. The molecule has 0 amide bonds. The first-order chi connectivity index (χ1) is 8.34. The second kappa shape index (κ2) is 5.75. The molecule has 0 fully saturated rings. The lowest BCUT2D eigenvalue weighted by Gasteiger charge is -2.11. The Morgan fingerprint density at radius 2 is 1.35 bits per heavy atom. The average Bonchev–Trinajstić information content (AvgIpc) is 2.39. The van der Waals surface area contributed by atoms with Gasteiger partial charge >= 0.3 is 0 Å². The monoisotopic (exact) mass is 224 g/mol. The lowest BCUT2D eigenvalue weighted by atomic mass is 10.3. The van der Waals surface area contributed by atoms with E-state index in [4.69, 9.17) is 0 Å². The van der Waals surface area contributed by atoms with E-state index in [0.29, 0.717) is 6.54 Å². The number of anilines is 2. The van der Waals surface area contributed by atoms with Crippen molar-refractivity contribution >= 4 is 11.4 Å². The summed E-state index contributed by atoms with van der Waals surface area (Å²) >= 11 is 0. The van der Waals surface area contributed by atoms with E-state index in [1.807, 2.05) is 60.7 Å². The van der Waals surface area contributed by atoms with Gasteiger partial charge in [-0.15, -0.1) is 0 Å². The molecule has 0 radical (unpaired) electrons. The van der Waals surface area contributed by atoms with Gasteiger partial charge in [0.15, 0.2) is 0 Å². The maximum atomic E-state index is 3.99. The standard InChI is InChI=1S/C15H16N2/c1-13(17-15-10-6-3-7-11-15)12-16-14-8-4-2-5-9-14/h2-11,16-17H,1,12H2. The van der Waals surface area contributed by atoms with Crippen LogP contribution in [0.25, 0.3) is 0 Å². The van der Waals surface area contributed by atoms with Gasteiger partial charge in [-0.2, -0.15) is 0 Å². The second-order valence-electron chi connectivity index (χ2n) is 3.81. The third kappa shape index (κ3) is 3.68. The first-order valence-electron chi connectivity index (χ1n) is 5.63. The number of para-hydroxylation sites is 2. The molecule has 17 heavy (non-hydrogen) atoms. The van der Waals surface area contributed by atoms with Gasteiger partial charge in [0.05, 0.1) is 6.54 Å². The molecular formula is C15H16N2. The first kappa shape index (κ1) is 11.3. The fourth-order valence-electron chi connectivity index (χ4n) is 1.53. The minimum Gasteiger partial charge on any atom is -0.379 e. The summed E-state index contributed by atoms with van der Waals surface area (Å²) in [5.41, 5.74) is 3.11. The van der Waals surface area contributed by atoms with Crippen molar-refractivity contribution in [2.75, 3.05) is 17.2 Å². The Labute approximate surface area is 102 Å². The highest BCUT2D eigenvalue weighted by Crippen LogP contribution is 2.09. The molecule has 0 spiro atoms. The Morgan fingerprint density at radius 1 is 0.824 bits per heavy atom. The summed E-state index contributed by atoms with van der Waals surface area (Å²) in [5.74, 6) is 0. The Bertz CT molecular complexity index is 463. The van der Waals surface area contributed by atoms with Crippen LogP contribution < -0.4 is 10.6 Å². The molecule has 0 bridgehead atoms. The molecule has 0 aliphatic rings. The van der Waals surface area contributed by atoms with Crippen LogP contribution in [0.1, 0.15) is 0 Å². The largest absolute Gasteiger partial charge is 0.379 e. The molecule has 0 aromatic heterocycles. The Morgan fingerprint density at radius 3 is 1.94 bits per heavy atom. The van der Waals surface area contributed by atoms with E-state index >= 15 is 0 Å². The molecular weight excluding hydrogens is 208 g/mol. The van der Waals surface area contributed by atoms with Crippen LogP contribution in [0, 0.1) is 0 Å². The first-order valence-corrected chi connectivity index (χ1v) is 5.63. The number of nitrogens with one attached hydrogen (secondary N) is 2. The van der Waals surface area contributed by atoms with Crippen LogP contribution in [-0.2, 0) is 0 Å². The van der Waals surface area contributed by atoms with Gasteiger partial charge in [0.2, 0.25) is 0 Å². The fraction of sp³-hybridized carbons (Fsp3) is 0.0667. The van der Waals surface area contributed by atoms with Gasteiger partial charge in [-0.25, -0.2) is 0 Å². The van der Waals surface area contributed by atoms with Crippen molar-refractivity contribution in [2.45, 2.75) is 0 Å². The summed E-state index contributed by atoms with van der Waals surface area (Å²) in [6, 6.07) is 20.1. The summed E-state index contributed by atoms with van der Waals surface area (Å²) in [6.07, 6.45) is 0. The van der Waals surface area contributed by atoms with Gasteiger partial charge in [0, 0.05) is 17.1 Å². The highest BCUT2D eigenvalue weighted by molar-refractivity contribution is 5.50. The van der Waals surface area contributed by atoms with Crippen molar-refractivity contribution in [2.24, 2.45) is 0 Å². The summed E-state index contributed by atoms with van der Waals surface area (Å²) in [4.78, 5) is 0. The number of rotatable bonds is 5. The van der Waals surface area contributed by atoms with Crippen molar-refractivity contribution in [3.05, 3.63) is 72.9 Å². The van der Waals surface area contributed by atoms with E-state index < -0.39 is 0 Å². The average molecular weight is 224 g/mol. The smallest absolute Gasteiger partial charge is 0.0545 e. The topological polar surface area (TPSA) is 24.1 Å². The molecule has 2 aromatic carbocycles. The fourth-order valence-corrected chi connectivity index (χ4v) is 1.53. The highest BCUT2D eigenvalue weighted by atomic mass is 15.0. The molecule has 2 rings (SSSR count). The Kier molecular flexibility index (Phi) is 3.81. The quantitative estimate of drug-likeness (QED) is 0.808. The number of benzene rings is 2. The van der Waals surface area contributed by atoms with E-state index in [9.17, 15) is 0 Å². The van der Waals surface area contributed by atoms with Crippen LogP contribution >= 0.6 is 0 Å². The van der Waals surface area contributed by atoms with E-state index in [1.165, 1.54) is 0 Å². The van der Waals surface area contributed by atoms with E-state index in [-0.39, 0.29) is 0 Å². The molecule has 0 aliphatic heterocycles. The van der Waals surface area contributed by atoms with E-state index in [1.54, 1.807) is 0 Å². The normalized spacial score (nSPS) is 9.65. The summed E-state index contributed by atoms with van der Waals surface area (Å²) < 4.78 is 0. The van der Waals surface area contributed by atoms with E-state index in [2.05, 4.69) is 17.2 Å². The van der Waals surface area contributed by atoms with E-state index in [0.717, 1.165) is 17.1 Å². The molecule has 0 saturated heterocycles. The summed E-state index contributed by atoms with van der Waals surface area (Å²) in [5, 5.41) is 6.56. The zero-order valence-corrected chi connectivity index (χ0v) is 9.69. The van der Waals surface area contributed by atoms with Crippen molar-refractivity contribution < 1.29 is 0 Å². The minimum absolute atomic E-state index is 0.707. The van der Waals surface area contributed by atoms with Crippen LogP contribution in [0.5, 0.6) is 0 Å². The maximum Gasteiger partial charge on any atom is 0.0545 e. The summed E-state index contributed by atoms with van der Waals surface area (Å²) in [6.45, 7) is 4.70. The van der Waals surface area contributed by atoms with Crippen LogP contribution in [0.2, 0.25) is 0 Å². The predicted octanol–water partition coefficient (Wildman–Crippen LogP) is 3.72. The zero-order valence-electron chi connectivity index (χ0n) is 9.69. The SMILES string of the molecule is C=C(CNc1ccccc1)Nc1ccccc1. The Hall–Kier alpha value is -2.22. The zero-order chi connectivity index (χ0) is 11.9. The minimum atomic E-state index is 0.707. The molecule has 0 unspecified atom stereocenters. The number of hydrogen-bond acceptors (Lipinski definition) is 2. The summed E-state index contributed by atoms with van der Waals surface area (Å²) in [7, 11) is 0. The van der Waals surface area contributed by atoms with Crippen LogP contribution in [0.4, 0.5) is 11.4 Å². The van der Waals surface area contributed by atoms with Crippen molar-refractivity contribution in [3.8, 4) is 0 Å². The van der Waals surface area contributed by atoms with Gasteiger partial charge in [0.1, 0.15) is 0 Å². The molecule has 2 aromatic rings. The highest BCUT2D eigenvalue weighted by Gasteiger charge is 1.95. The molecule has 2 nitrogen and oxygen atoms in total. The predicted molar refractivity (Wildman–Crippen MR) is 74.1 cm³/mol. The molecule has 0 aliphatic carbocycles. The molecule has 0 heterocycles. The van der Waals surface area contributed by atoms with Crippen LogP contribution in [0.15, 0.2) is 72.9 Å². The van der Waals surface area contributed by atoms with Crippen LogP contribution in [-0.4, -0.2) is 6.54 Å². The van der Waals surface area contributed by atoms with Gasteiger partial charge in [-0.05, 0) is 24.3 Å². The van der Waals surface area contributed by atoms with Crippen LogP contribution in [0.3, 0.4) is 0 Å².